The first-order valence-corrected chi connectivity index (χ1v) is 16.3. The molecule has 9 rings (SSSR count). The van der Waals surface area contributed by atoms with E-state index >= 15 is 0 Å². The van der Waals surface area contributed by atoms with Crippen LogP contribution in [0.5, 0.6) is 0 Å². The molecule has 0 atom stereocenters. The largest absolute Gasteiger partial charge is 0.298 e. The summed E-state index contributed by atoms with van der Waals surface area (Å²) in [6.07, 6.45) is 7.35. The maximum atomic E-state index is 5.14. The van der Waals surface area contributed by atoms with Crippen LogP contribution in [0.3, 0.4) is 0 Å². The van der Waals surface area contributed by atoms with Crippen molar-refractivity contribution in [2.45, 2.75) is 6.42 Å². The van der Waals surface area contributed by atoms with Crippen LogP contribution >= 0.6 is 0 Å². The number of para-hydroxylation sites is 1. The maximum Gasteiger partial charge on any atom is 0.137 e. The average molecular weight is 615 g/mol. The van der Waals surface area contributed by atoms with Crippen LogP contribution < -0.4 is 0 Å². The number of allylic oxidation sites excluding steroid dienone is 3. The Balaban J connectivity index is 1.05. The highest BCUT2D eigenvalue weighted by Gasteiger charge is 2.17. The van der Waals surface area contributed by atoms with E-state index in [1.165, 1.54) is 16.7 Å². The molecule has 0 N–H and O–H groups in total. The van der Waals surface area contributed by atoms with E-state index in [1.54, 1.807) is 0 Å². The SMILES string of the molecule is C1=C(c2ccc(-c3ccc(-c4nc5ccccc5c5nc6ccccn6c45)cc3)cc2)CC=C(c2ccccc2)N=C1c1ccccc1. The van der Waals surface area contributed by atoms with Crippen molar-refractivity contribution < 1.29 is 0 Å². The van der Waals surface area contributed by atoms with E-state index < -0.39 is 0 Å². The first-order chi connectivity index (χ1) is 23.8. The van der Waals surface area contributed by atoms with Crippen LogP contribution in [-0.2, 0) is 0 Å². The van der Waals surface area contributed by atoms with Gasteiger partial charge in [-0.3, -0.25) is 4.40 Å². The lowest BCUT2D eigenvalue weighted by molar-refractivity contribution is 1.22. The molecular formula is C44H30N4. The molecular weight excluding hydrogens is 585 g/mol. The number of pyridine rings is 2. The molecule has 0 fully saturated rings. The number of nitrogens with zero attached hydrogens (tertiary/aromatic N) is 4. The number of imidazole rings is 1. The van der Waals surface area contributed by atoms with Gasteiger partial charge >= 0.3 is 0 Å². The van der Waals surface area contributed by atoms with Gasteiger partial charge in [0.2, 0.25) is 0 Å². The number of aliphatic imine (C=N–C) groups is 1. The number of hydrogen-bond acceptors (Lipinski definition) is 3. The third kappa shape index (κ3) is 5.01. The normalized spacial score (nSPS) is 13.3. The Bertz CT molecular complexity index is 2540. The standard InChI is InChI=1S/C44H30N4/c1-3-11-33(12-4-1)38-27-26-36(29-40(45-38)34-13-5-2-6-14-34)32-20-18-30(19-21-32)31-22-24-35(25-23-31)42-44-43(37-15-7-8-16-39(37)46-42)47-41-17-9-10-28-48(41)44/h1-25,27-29H,26H2. The molecule has 0 amide bonds. The summed E-state index contributed by atoms with van der Waals surface area (Å²) in [7, 11) is 0. The van der Waals surface area contributed by atoms with Gasteiger partial charge in [0, 0.05) is 22.7 Å². The molecule has 0 unspecified atom stereocenters. The minimum Gasteiger partial charge on any atom is -0.298 e. The fourth-order valence-electron chi connectivity index (χ4n) is 6.64. The maximum absolute atomic E-state index is 5.14. The lowest BCUT2D eigenvalue weighted by Crippen LogP contribution is -1.98. The Morgan fingerprint density at radius 1 is 0.500 bits per heavy atom. The van der Waals surface area contributed by atoms with Gasteiger partial charge in [0.1, 0.15) is 11.2 Å². The summed E-state index contributed by atoms with van der Waals surface area (Å²) in [5.74, 6) is 0. The first-order valence-electron chi connectivity index (χ1n) is 16.3. The van der Waals surface area contributed by atoms with Crippen LogP contribution in [-0.4, -0.2) is 20.1 Å². The van der Waals surface area contributed by atoms with Crippen molar-refractivity contribution in [3.8, 4) is 22.4 Å². The molecule has 48 heavy (non-hydrogen) atoms. The summed E-state index contributed by atoms with van der Waals surface area (Å²) < 4.78 is 2.14. The highest BCUT2D eigenvalue weighted by Crippen LogP contribution is 2.35. The van der Waals surface area contributed by atoms with Crippen molar-refractivity contribution in [3.05, 3.63) is 187 Å². The van der Waals surface area contributed by atoms with Gasteiger partial charge in [-0.25, -0.2) is 15.0 Å². The summed E-state index contributed by atoms with van der Waals surface area (Å²) in [5, 5.41) is 1.06. The lowest BCUT2D eigenvalue weighted by atomic mass is 9.96. The molecule has 4 nitrogen and oxygen atoms in total. The van der Waals surface area contributed by atoms with Crippen molar-refractivity contribution in [1.82, 2.24) is 14.4 Å². The van der Waals surface area contributed by atoms with Crippen molar-refractivity contribution in [1.29, 1.82) is 0 Å². The van der Waals surface area contributed by atoms with Gasteiger partial charge in [0.05, 0.1) is 28.1 Å². The van der Waals surface area contributed by atoms with Crippen LogP contribution in [0.15, 0.2) is 175 Å². The quantitative estimate of drug-likeness (QED) is 0.194. The first kappa shape index (κ1) is 27.9. The van der Waals surface area contributed by atoms with E-state index in [0.29, 0.717) is 0 Å². The molecule has 0 saturated heterocycles. The number of benzene rings is 5. The topological polar surface area (TPSA) is 42.5 Å². The molecule has 5 aromatic carbocycles. The molecule has 0 radical (unpaired) electrons. The van der Waals surface area contributed by atoms with Crippen molar-refractivity contribution >= 4 is 44.6 Å². The van der Waals surface area contributed by atoms with E-state index in [-0.39, 0.29) is 0 Å². The van der Waals surface area contributed by atoms with E-state index in [9.17, 15) is 0 Å². The summed E-state index contributed by atoms with van der Waals surface area (Å²) in [6, 6.07) is 52.8. The van der Waals surface area contributed by atoms with Crippen molar-refractivity contribution in [3.63, 3.8) is 0 Å². The van der Waals surface area contributed by atoms with Gasteiger partial charge in [-0.15, -0.1) is 0 Å². The zero-order valence-electron chi connectivity index (χ0n) is 26.2. The Morgan fingerprint density at radius 3 is 1.88 bits per heavy atom. The molecule has 3 aromatic heterocycles. The highest BCUT2D eigenvalue weighted by molar-refractivity contribution is 6.15. The number of fused-ring (bicyclic) bond motifs is 5. The third-order valence-corrected chi connectivity index (χ3v) is 9.10. The molecule has 0 spiro atoms. The van der Waals surface area contributed by atoms with E-state index in [2.05, 4.69) is 132 Å². The zero-order chi connectivity index (χ0) is 31.9. The van der Waals surface area contributed by atoms with E-state index in [4.69, 9.17) is 15.0 Å². The average Bonchev–Trinajstić information content (AvgIpc) is 3.41. The number of hydrogen-bond donors (Lipinski definition) is 0. The smallest absolute Gasteiger partial charge is 0.137 e. The van der Waals surface area contributed by atoms with Gasteiger partial charge in [0.25, 0.3) is 0 Å². The lowest BCUT2D eigenvalue weighted by Gasteiger charge is -2.10. The fourth-order valence-corrected chi connectivity index (χ4v) is 6.64. The third-order valence-electron chi connectivity index (χ3n) is 9.10. The Kier molecular flexibility index (Phi) is 6.83. The Hall–Kier alpha value is -6.39. The van der Waals surface area contributed by atoms with Crippen LogP contribution in [0.1, 0.15) is 23.1 Å². The molecule has 8 aromatic rings. The fraction of sp³-hybridized carbons (Fsp3) is 0.0227. The summed E-state index contributed by atoms with van der Waals surface area (Å²) in [4.78, 5) is 15.3. The summed E-state index contributed by atoms with van der Waals surface area (Å²) in [6.45, 7) is 0. The molecule has 1 aliphatic heterocycles. The summed E-state index contributed by atoms with van der Waals surface area (Å²) >= 11 is 0. The minimum absolute atomic E-state index is 0.800. The highest BCUT2D eigenvalue weighted by atomic mass is 15.0. The van der Waals surface area contributed by atoms with Gasteiger partial charge in [-0.05, 0) is 58.5 Å². The molecule has 1 aliphatic rings. The molecule has 4 heteroatoms. The molecule has 4 heterocycles. The molecule has 0 saturated carbocycles. The van der Waals surface area contributed by atoms with Crippen LogP contribution in [0.2, 0.25) is 0 Å². The Morgan fingerprint density at radius 2 is 1.12 bits per heavy atom. The molecule has 0 aliphatic carbocycles. The van der Waals surface area contributed by atoms with Crippen LogP contribution in [0, 0.1) is 0 Å². The van der Waals surface area contributed by atoms with Crippen molar-refractivity contribution in [2.24, 2.45) is 4.99 Å². The minimum atomic E-state index is 0.800. The van der Waals surface area contributed by atoms with Crippen molar-refractivity contribution in [2.75, 3.05) is 0 Å². The van der Waals surface area contributed by atoms with Crippen LogP contribution in [0.25, 0.3) is 61.2 Å². The second kappa shape index (κ2) is 11.8. The Labute approximate surface area is 278 Å². The zero-order valence-corrected chi connectivity index (χ0v) is 26.2. The monoisotopic (exact) mass is 614 g/mol. The van der Waals surface area contributed by atoms with Gasteiger partial charge in [-0.2, -0.15) is 0 Å². The van der Waals surface area contributed by atoms with E-state index in [0.717, 1.165) is 73.4 Å². The number of aromatic nitrogens is 3. The van der Waals surface area contributed by atoms with Gasteiger partial charge in [0.15, 0.2) is 0 Å². The predicted octanol–water partition coefficient (Wildman–Crippen LogP) is 10.7. The molecule has 226 valence electrons. The second-order valence-corrected chi connectivity index (χ2v) is 12.1. The van der Waals surface area contributed by atoms with Crippen LogP contribution in [0.4, 0.5) is 0 Å². The second-order valence-electron chi connectivity index (χ2n) is 12.1. The summed E-state index contributed by atoms with van der Waals surface area (Å²) in [5.41, 5.74) is 14.8. The predicted molar refractivity (Wildman–Crippen MR) is 199 cm³/mol. The molecule has 0 bridgehead atoms. The van der Waals surface area contributed by atoms with Gasteiger partial charge in [-0.1, -0.05) is 140 Å². The van der Waals surface area contributed by atoms with Gasteiger partial charge < -0.3 is 0 Å². The van der Waals surface area contributed by atoms with E-state index in [1.807, 2.05) is 42.5 Å². The number of rotatable bonds is 5.